The minimum atomic E-state index is -0.445. The van der Waals surface area contributed by atoms with Gasteiger partial charge in [0, 0.05) is 31.1 Å². The van der Waals surface area contributed by atoms with Gasteiger partial charge in [-0.1, -0.05) is 24.3 Å². The number of nitro benzene ring substituents is 1. The number of amides is 2. The average molecular weight is 380 g/mol. The van der Waals surface area contributed by atoms with Gasteiger partial charge in [-0.2, -0.15) is 0 Å². The molecule has 2 aliphatic rings. The lowest BCUT2D eigenvalue weighted by atomic mass is 10.1. The minimum absolute atomic E-state index is 0.0365. The third kappa shape index (κ3) is 3.53. The van der Waals surface area contributed by atoms with Gasteiger partial charge in [0.2, 0.25) is 11.8 Å². The van der Waals surface area contributed by atoms with Crippen LogP contribution in [0.5, 0.6) is 0 Å². The number of anilines is 2. The Morgan fingerprint density at radius 2 is 1.96 bits per heavy atom. The molecule has 2 aromatic rings. The number of fused-ring (bicyclic) bond motifs is 3. The monoisotopic (exact) mass is 380 g/mol. The van der Waals surface area contributed by atoms with Gasteiger partial charge >= 0.3 is 0 Å². The molecule has 0 radical (unpaired) electrons. The fourth-order valence-electron chi connectivity index (χ4n) is 3.84. The second-order valence-electron chi connectivity index (χ2n) is 7.10. The van der Waals surface area contributed by atoms with Crippen LogP contribution in [0.1, 0.15) is 18.4 Å². The van der Waals surface area contributed by atoms with Gasteiger partial charge in [0.1, 0.15) is 6.04 Å². The highest BCUT2D eigenvalue weighted by molar-refractivity contribution is 6.04. The molecule has 1 fully saturated rings. The third-order valence-electron chi connectivity index (χ3n) is 5.23. The lowest BCUT2D eigenvalue weighted by molar-refractivity contribution is -0.384. The van der Waals surface area contributed by atoms with Gasteiger partial charge in [0.05, 0.1) is 16.3 Å². The number of nitro groups is 1. The fourth-order valence-corrected chi connectivity index (χ4v) is 3.84. The van der Waals surface area contributed by atoms with Crippen LogP contribution in [0, 0.1) is 10.1 Å². The summed E-state index contributed by atoms with van der Waals surface area (Å²) in [5.74, 6) is -0.127. The van der Waals surface area contributed by atoms with Gasteiger partial charge in [0.15, 0.2) is 0 Å². The van der Waals surface area contributed by atoms with E-state index in [9.17, 15) is 19.7 Å². The summed E-state index contributed by atoms with van der Waals surface area (Å²) in [6.45, 7) is 0.596. The van der Waals surface area contributed by atoms with Crippen molar-refractivity contribution < 1.29 is 14.5 Å². The fraction of sp³-hybridized carbons (Fsp3) is 0.300. The maximum atomic E-state index is 12.3. The van der Waals surface area contributed by atoms with E-state index in [0.717, 1.165) is 16.9 Å². The van der Waals surface area contributed by atoms with Crippen molar-refractivity contribution >= 4 is 28.9 Å². The summed E-state index contributed by atoms with van der Waals surface area (Å²) >= 11 is 0. The van der Waals surface area contributed by atoms with E-state index in [1.165, 1.54) is 12.1 Å². The molecular formula is C20H20N4O4. The van der Waals surface area contributed by atoms with E-state index in [4.69, 9.17) is 0 Å². The summed E-state index contributed by atoms with van der Waals surface area (Å²) in [7, 11) is 0. The summed E-state index contributed by atoms with van der Waals surface area (Å²) in [5.41, 5.74) is 2.69. The molecule has 4 rings (SSSR count). The van der Waals surface area contributed by atoms with Crippen LogP contribution in [-0.4, -0.2) is 35.4 Å². The van der Waals surface area contributed by atoms with Crippen molar-refractivity contribution in [2.45, 2.75) is 31.3 Å². The predicted octanol–water partition coefficient (Wildman–Crippen LogP) is 2.24. The number of nitrogens with zero attached hydrogens (tertiary/aromatic N) is 2. The minimum Gasteiger partial charge on any atom is -0.356 e. The summed E-state index contributed by atoms with van der Waals surface area (Å²) in [6.07, 6.45) is 1.37. The highest BCUT2D eigenvalue weighted by Gasteiger charge is 2.41. The molecule has 0 saturated carbocycles. The molecule has 2 amide bonds. The molecule has 0 bridgehead atoms. The van der Waals surface area contributed by atoms with E-state index in [-0.39, 0.29) is 29.6 Å². The van der Waals surface area contributed by atoms with Crippen LogP contribution in [0.3, 0.4) is 0 Å². The van der Waals surface area contributed by atoms with E-state index in [1.54, 1.807) is 12.1 Å². The van der Waals surface area contributed by atoms with Crippen LogP contribution in [-0.2, 0) is 16.0 Å². The van der Waals surface area contributed by atoms with E-state index >= 15 is 0 Å². The van der Waals surface area contributed by atoms with Crippen LogP contribution in [0.25, 0.3) is 0 Å². The maximum absolute atomic E-state index is 12.3. The van der Waals surface area contributed by atoms with Crippen molar-refractivity contribution in [1.29, 1.82) is 0 Å². The quantitative estimate of drug-likeness (QED) is 0.611. The van der Waals surface area contributed by atoms with Gasteiger partial charge in [0.25, 0.3) is 5.69 Å². The Bertz CT molecular complexity index is 928. The van der Waals surface area contributed by atoms with Crippen LogP contribution < -0.4 is 15.5 Å². The Balaban J connectivity index is 1.33. The molecule has 2 aromatic carbocycles. The van der Waals surface area contributed by atoms with Crippen LogP contribution >= 0.6 is 0 Å². The van der Waals surface area contributed by atoms with E-state index in [0.29, 0.717) is 25.8 Å². The molecule has 2 aliphatic heterocycles. The number of para-hydroxylation sites is 2. The van der Waals surface area contributed by atoms with Gasteiger partial charge in [-0.25, -0.2) is 0 Å². The highest BCUT2D eigenvalue weighted by atomic mass is 16.6. The Labute approximate surface area is 161 Å². The number of nitrogens with one attached hydrogen (secondary N) is 2. The number of hydrogen-bond acceptors (Lipinski definition) is 5. The van der Waals surface area contributed by atoms with Gasteiger partial charge in [-0.05, 0) is 30.5 Å². The highest BCUT2D eigenvalue weighted by Crippen LogP contribution is 2.36. The van der Waals surface area contributed by atoms with Crippen molar-refractivity contribution in [2.24, 2.45) is 0 Å². The number of aryl methyl sites for hydroxylation is 1. The van der Waals surface area contributed by atoms with Crippen LogP contribution in [0.4, 0.5) is 17.1 Å². The Kier molecular flexibility index (Phi) is 4.68. The second-order valence-corrected chi connectivity index (χ2v) is 7.10. The van der Waals surface area contributed by atoms with Crippen molar-refractivity contribution in [1.82, 2.24) is 5.32 Å². The Hall–Kier alpha value is -3.42. The number of hydrogen-bond donors (Lipinski definition) is 2. The zero-order chi connectivity index (χ0) is 19.7. The molecule has 28 heavy (non-hydrogen) atoms. The van der Waals surface area contributed by atoms with Gasteiger partial charge < -0.3 is 15.5 Å². The van der Waals surface area contributed by atoms with E-state index < -0.39 is 4.92 Å². The molecule has 2 atom stereocenters. The van der Waals surface area contributed by atoms with Crippen molar-refractivity contribution in [2.75, 3.05) is 16.8 Å². The molecule has 144 valence electrons. The van der Waals surface area contributed by atoms with Crippen molar-refractivity contribution in [3.05, 3.63) is 64.2 Å². The molecule has 0 spiro atoms. The lowest BCUT2D eigenvalue weighted by Crippen LogP contribution is -2.44. The molecule has 1 saturated heterocycles. The summed E-state index contributed by atoms with van der Waals surface area (Å²) in [6, 6.07) is 13.5. The number of benzene rings is 2. The van der Waals surface area contributed by atoms with Gasteiger partial charge in [-0.3, -0.25) is 19.7 Å². The molecule has 8 nitrogen and oxygen atoms in total. The molecule has 0 aliphatic carbocycles. The number of carbonyl (C=O) groups is 2. The standard InChI is InChI=1S/C20H20N4O4/c25-19(10-7-13-5-8-15(9-6-13)24(27)28)21-14-11-18-20(26)22-16-3-1-2-4-17(16)23(18)12-14/h1-6,8-9,14,18H,7,10-12H2,(H,21,25)(H,22,26). The second kappa shape index (κ2) is 7.30. The Morgan fingerprint density at radius 1 is 1.21 bits per heavy atom. The first kappa shape index (κ1) is 18.0. The topological polar surface area (TPSA) is 105 Å². The summed E-state index contributed by atoms with van der Waals surface area (Å²) in [4.78, 5) is 37.0. The van der Waals surface area contributed by atoms with Crippen molar-refractivity contribution in [3.8, 4) is 0 Å². The summed E-state index contributed by atoms with van der Waals surface area (Å²) < 4.78 is 0. The molecular weight excluding hydrogens is 360 g/mol. The molecule has 2 heterocycles. The molecule has 2 N–H and O–H groups in total. The first-order valence-electron chi connectivity index (χ1n) is 9.20. The normalized spacial score (nSPS) is 20.1. The number of carbonyl (C=O) groups excluding carboxylic acids is 2. The number of non-ortho nitro benzene ring substituents is 1. The zero-order valence-electron chi connectivity index (χ0n) is 15.1. The van der Waals surface area contributed by atoms with E-state index in [2.05, 4.69) is 15.5 Å². The first-order valence-corrected chi connectivity index (χ1v) is 9.20. The Morgan fingerprint density at radius 3 is 2.71 bits per heavy atom. The smallest absolute Gasteiger partial charge is 0.269 e. The largest absolute Gasteiger partial charge is 0.356 e. The predicted molar refractivity (Wildman–Crippen MR) is 104 cm³/mol. The molecule has 8 heteroatoms. The summed E-state index contributed by atoms with van der Waals surface area (Å²) in [5, 5.41) is 16.6. The maximum Gasteiger partial charge on any atom is 0.269 e. The molecule has 0 aromatic heterocycles. The van der Waals surface area contributed by atoms with Crippen LogP contribution in [0.2, 0.25) is 0 Å². The number of rotatable bonds is 5. The van der Waals surface area contributed by atoms with Crippen LogP contribution in [0.15, 0.2) is 48.5 Å². The van der Waals surface area contributed by atoms with Crippen molar-refractivity contribution in [3.63, 3.8) is 0 Å². The van der Waals surface area contributed by atoms with Gasteiger partial charge in [-0.15, -0.1) is 0 Å². The third-order valence-corrected chi connectivity index (χ3v) is 5.23. The molecule has 2 unspecified atom stereocenters. The average Bonchev–Trinajstić information content (AvgIpc) is 3.11. The van der Waals surface area contributed by atoms with E-state index in [1.807, 2.05) is 24.3 Å². The first-order chi connectivity index (χ1) is 13.5. The lowest BCUT2D eigenvalue weighted by Gasteiger charge is -2.32. The SMILES string of the molecule is O=C(CCc1ccc([N+](=O)[O-])cc1)NC1CC2C(=O)Nc3ccccc3N2C1. The zero-order valence-corrected chi connectivity index (χ0v) is 15.1.